The third-order valence-corrected chi connectivity index (χ3v) is 6.90. The van der Waals surface area contributed by atoms with E-state index in [2.05, 4.69) is 10.2 Å². The SMILES string of the molecule is Cc1cc(N2CCc3cc(F)ccc3C2)cc(C)c1NC(=O)CC1(C(F)F)CCCC1. The van der Waals surface area contributed by atoms with Crippen molar-refractivity contribution in [3.63, 3.8) is 0 Å². The van der Waals surface area contributed by atoms with Gasteiger partial charge in [0, 0.05) is 36.3 Å². The number of halogens is 3. The molecule has 0 spiro atoms. The van der Waals surface area contributed by atoms with E-state index in [1.165, 1.54) is 6.07 Å². The largest absolute Gasteiger partial charge is 0.367 e. The third kappa shape index (κ3) is 4.43. The molecule has 1 N–H and O–H groups in total. The van der Waals surface area contributed by atoms with Gasteiger partial charge in [-0.3, -0.25) is 4.79 Å². The molecule has 2 aliphatic rings. The molecule has 0 atom stereocenters. The Labute approximate surface area is 181 Å². The van der Waals surface area contributed by atoms with Crippen LogP contribution < -0.4 is 10.2 Å². The Balaban J connectivity index is 1.49. The van der Waals surface area contributed by atoms with Gasteiger partial charge in [0.05, 0.1) is 0 Å². The fraction of sp³-hybridized carbons (Fsp3) is 0.480. The quantitative estimate of drug-likeness (QED) is 0.616. The molecule has 2 aromatic rings. The highest BCUT2D eigenvalue weighted by Crippen LogP contribution is 2.46. The van der Waals surface area contributed by atoms with Gasteiger partial charge in [0.2, 0.25) is 12.3 Å². The molecule has 1 saturated carbocycles. The van der Waals surface area contributed by atoms with Gasteiger partial charge in [-0.15, -0.1) is 0 Å². The Morgan fingerprint density at radius 2 is 1.77 bits per heavy atom. The maximum atomic E-state index is 13.6. The molecule has 0 aromatic heterocycles. The molecule has 6 heteroatoms. The monoisotopic (exact) mass is 430 g/mol. The van der Waals surface area contributed by atoms with Crippen LogP contribution >= 0.6 is 0 Å². The Hall–Kier alpha value is -2.50. The summed E-state index contributed by atoms with van der Waals surface area (Å²) in [5.74, 6) is -0.541. The van der Waals surface area contributed by atoms with Gasteiger partial charge in [-0.25, -0.2) is 13.2 Å². The summed E-state index contributed by atoms with van der Waals surface area (Å²) < 4.78 is 40.7. The van der Waals surface area contributed by atoms with Crippen LogP contribution in [0, 0.1) is 25.1 Å². The number of carbonyl (C=O) groups excluding carboxylic acids is 1. The Kier molecular flexibility index (Phi) is 6.00. The molecule has 2 aromatic carbocycles. The van der Waals surface area contributed by atoms with Crippen molar-refractivity contribution in [2.24, 2.45) is 5.41 Å². The minimum Gasteiger partial charge on any atom is -0.367 e. The van der Waals surface area contributed by atoms with Crippen LogP contribution in [0.25, 0.3) is 0 Å². The maximum absolute atomic E-state index is 13.6. The molecule has 4 rings (SSSR count). The van der Waals surface area contributed by atoms with Gasteiger partial charge in [0.15, 0.2) is 0 Å². The highest BCUT2D eigenvalue weighted by molar-refractivity contribution is 5.93. The molecular weight excluding hydrogens is 401 g/mol. The van der Waals surface area contributed by atoms with E-state index in [1.807, 2.05) is 32.0 Å². The minimum absolute atomic E-state index is 0.134. The molecule has 1 aliphatic heterocycles. The van der Waals surface area contributed by atoms with Crippen molar-refractivity contribution in [2.75, 3.05) is 16.8 Å². The van der Waals surface area contributed by atoms with Crippen LogP contribution in [0.15, 0.2) is 30.3 Å². The maximum Gasteiger partial charge on any atom is 0.244 e. The molecular formula is C25H29F3N2O. The summed E-state index contributed by atoms with van der Waals surface area (Å²) in [5.41, 5.74) is 4.56. The number of hydrogen-bond donors (Lipinski definition) is 1. The zero-order chi connectivity index (χ0) is 22.2. The summed E-state index contributed by atoms with van der Waals surface area (Å²) in [7, 11) is 0. The van der Waals surface area contributed by atoms with Crippen LogP contribution in [0.5, 0.6) is 0 Å². The molecule has 3 nitrogen and oxygen atoms in total. The zero-order valence-corrected chi connectivity index (χ0v) is 18.1. The average Bonchev–Trinajstić information content (AvgIpc) is 3.20. The van der Waals surface area contributed by atoms with E-state index in [1.54, 1.807) is 6.07 Å². The van der Waals surface area contributed by atoms with Gasteiger partial charge >= 0.3 is 0 Å². The van der Waals surface area contributed by atoms with Crippen molar-refractivity contribution in [1.29, 1.82) is 0 Å². The molecule has 166 valence electrons. The highest BCUT2D eigenvalue weighted by atomic mass is 19.3. The fourth-order valence-electron chi connectivity index (χ4n) is 5.12. The summed E-state index contributed by atoms with van der Waals surface area (Å²) in [6, 6.07) is 8.99. The van der Waals surface area contributed by atoms with Crippen LogP contribution in [0.4, 0.5) is 24.5 Å². The number of carbonyl (C=O) groups is 1. The zero-order valence-electron chi connectivity index (χ0n) is 18.1. The van der Waals surface area contributed by atoms with E-state index >= 15 is 0 Å². The van der Waals surface area contributed by atoms with Crippen molar-refractivity contribution in [1.82, 2.24) is 0 Å². The first-order chi connectivity index (χ1) is 14.8. The Morgan fingerprint density at radius 1 is 1.10 bits per heavy atom. The second-order valence-electron chi connectivity index (χ2n) is 9.13. The van der Waals surface area contributed by atoms with Crippen LogP contribution in [-0.2, 0) is 17.8 Å². The van der Waals surface area contributed by atoms with E-state index in [0.29, 0.717) is 25.1 Å². The van der Waals surface area contributed by atoms with Gasteiger partial charge in [-0.1, -0.05) is 18.9 Å². The van der Waals surface area contributed by atoms with Crippen molar-refractivity contribution >= 4 is 17.3 Å². The number of rotatable bonds is 5. The number of benzene rings is 2. The van der Waals surface area contributed by atoms with Crippen molar-refractivity contribution in [3.05, 3.63) is 58.4 Å². The van der Waals surface area contributed by atoms with Crippen molar-refractivity contribution < 1.29 is 18.0 Å². The number of aryl methyl sites for hydroxylation is 2. The summed E-state index contributed by atoms with van der Waals surface area (Å²) in [6.07, 6.45) is 0.515. The number of alkyl halides is 2. The van der Waals surface area contributed by atoms with Crippen LogP contribution in [-0.4, -0.2) is 18.9 Å². The molecule has 0 radical (unpaired) electrons. The summed E-state index contributed by atoms with van der Waals surface area (Å²) in [5, 5.41) is 2.90. The predicted octanol–water partition coefficient (Wildman–Crippen LogP) is 6.16. The number of hydrogen-bond acceptors (Lipinski definition) is 2. The normalized spacial score (nSPS) is 17.7. The van der Waals surface area contributed by atoms with Crippen LogP contribution in [0.3, 0.4) is 0 Å². The molecule has 0 saturated heterocycles. The summed E-state index contributed by atoms with van der Waals surface area (Å²) in [6.45, 7) is 5.35. The molecule has 1 aliphatic carbocycles. The van der Waals surface area contributed by atoms with Crippen molar-refractivity contribution in [3.8, 4) is 0 Å². The molecule has 0 unspecified atom stereocenters. The van der Waals surface area contributed by atoms with Gasteiger partial charge in [0.25, 0.3) is 0 Å². The molecule has 0 bridgehead atoms. The lowest BCUT2D eigenvalue weighted by molar-refractivity contribution is -0.121. The first-order valence-electron chi connectivity index (χ1n) is 11.0. The number of nitrogens with one attached hydrogen (secondary N) is 1. The molecule has 1 fully saturated rings. The molecule has 1 amide bonds. The molecule has 1 heterocycles. The van der Waals surface area contributed by atoms with E-state index in [9.17, 15) is 18.0 Å². The summed E-state index contributed by atoms with van der Waals surface area (Å²) in [4.78, 5) is 14.9. The predicted molar refractivity (Wildman–Crippen MR) is 117 cm³/mol. The number of amides is 1. The standard InChI is InChI=1S/C25H29F3N2O/c1-16-11-21(30-10-7-18-13-20(26)6-5-19(18)15-30)12-17(2)23(16)29-22(31)14-25(24(27)28)8-3-4-9-25/h5-6,11-13,24H,3-4,7-10,14-15H2,1-2H3,(H,29,31). The first-order valence-corrected chi connectivity index (χ1v) is 11.0. The fourth-order valence-corrected chi connectivity index (χ4v) is 5.12. The minimum atomic E-state index is -2.47. The number of nitrogens with zero attached hydrogens (tertiary/aromatic N) is 1. The average molecular weight is 431 g/mol. The topological polar surface area (TPSA) is 32.3 Å². The van der Waals surface area contributed by atoms with Crippen molar-refractivity contribution in [2.45, 2.75) is 65.3 Å². The van der Waals surface area contributed by atoms with Crippen LogP contribution in [0.1, 0.15) is 54.4 Å². The third-order valence-electron chi connectivity index (χ3n) is 6.90. The van der Waals surface area contributed by atoms with Gasteiger partial charge in [-0.2, -0.15) is 0 Å². The summed E-state index contributed by atoms with van der Waals surface area (Å²) >= 11 is 0. The van der Waals surface area contributed by atoms with E-state index < -0.39 is 11.8 Å². The lowest BCUT2D eigenvalue weighted by Gasteiger charge is -2.32. The Morgan fingerprint density at radius 3 is 2.42 bits per heavy atom. The number of anilines is 2. The lowest BCUT2D eigenvalue weighted by Crippen LogP contribution is -2.32. The van der Waals surface area contributed by atoms with E-state index in [4.69, 9.17) is 0 Å². The van der Waals surface area contributed by atoms with Gasteiger partial charge < -0.3 is 10.2 Å². The Bertz CT molecular complexity index is 960. The smallest absolute Gasteiger partial charge is 0.244 e. The first kappa shape index (κ1) is 21.7. The van der Waals surface area contributed by atoms with E-state index in [-0.39, 0.29) is 18.1 Å². The number of fused-ring (bicyclic) bond motifs is 1. The van der Waals surface area contributed by atoms with Gasteiger partial charge in [-0.05, 0) is 79.6 Å². The molecule has 31 heavy (non-hydrogen) atoms. The second kappa shape index (κ2) is 8.56. The second-order valence-corrected chi connectivity index (χ2v) is 9.13. The van der Waals surface area contributed by atoms with Gasteiger partial charge in [0.1, 0.15) is 5.82 Å². The van der Waals surface area contributed by atoms with E-state index in [0.717, 1.165) is 53.7 Å². The van der Waals surface area contributed by atoms with Crippen LogP contribution in [0.2, 0.25) is 0 Å². The lowest BCUT2D eigenvalue weighted by atomic mass is 9.82. The highest BCUT2D eigenvalue weighted by Gasteiger charge is 2.44.